The maximum Gasteiger partial charge on any atom is 0.294 e. The average molecular weight is 631 g/mol. The van der Waals surface area contributed by atoms with E-state index in [0.29, 0.717) is 22.0 Å². The number of carbonyl (C=O) groups excluding carboxylic acids is 1. The molecule has 0 aromatic heterocycles. The molecule has 5 rings (SSSR count). The van der Waals surface area contributed by atoms with Gasteiger partial charge in [0, 0.05) is 16.8 Å². The number of nitrogens with zero attached hydrogens (tertiary/aromatic N) is 2. The maximum atomic E-state index is 13.2. The first kappa shape index (κ1) is 30.4. The fourth-order valence-electron chi connectivity index (χ4n) is 4.45. The van der Waals surface area contributed by atoms with Gasteiger partial charge in [-0.2, -0.15) is 13.5 Å². The number of anilines is 2. The number of hydrogen-bond donors (Lipinski definition) is 4. The zero-order chi connectivity index (χ0) is 31.6. The number of amides is 1. The lowest BCUT2D eigenvalue weighted by Crippen LogP contribution is -2.14. The van der Waals surface area contributed by atoms with Crippen molar-refractivity contribution in [3.05, 3.63) is 114 Å². The highest BCUT2D eigenvalue weighted by atomic mass is 32.2. The third-order valence-corrected chi connectivity index (χ3v) is 9.16. The van der Waals surface area contributed by atoms with Crippen LogP contribution in [0, 0.1) is 13.8 Å². The molecular weight excluding hydrogens is 604 g/mol. The van der Waals surface area contributed by atoms with Crippen LogP contribution in [0.3, 0.4) is 0 Å². The Morgan fingerprint density at radius 1 is 0.773 bits per heavy atom. The summed E-state index contributed by atoms with van der Waals surface area (Å²) in [5.74, 6) is -0.938. The number of carbonyl (C=O) groups is 1. The van der Waals surface area contributed by atoms with E-state index < -0.39 is 31.8 Å². The molecule has 0 fully saturated rings. The minimum atomic E-state index is -4.44. The third-order valence-electron chi connectivity index (χ3n) is 6.76. The van der Waals surface area contributed by atoms with Crippen LogP contribution in [0.4, 0.5) is 22.7 Å². The van der Waals surface area contributed by atoms with E-state index in [-0.39, 0.29) is 32.4 Å². The van der Waals surface area contributed by atoms with Crippen LogP contribution in [0.2, 0.25) is 0 Å². The monoisotopic (exact) mass is 630 g/mol. The predicted molar refractivity (Wildman–Crippen MR) is 167 cm³/mol. The lowest BCUT2D eigenvalue weighted by Gasteiger charge is -2.12. The van der Waals surface area contributed by atoms with Crippen LogP contribution in [-0.2, 0) is 20.1 Å². The minimum Gasteiger partial charge on any atom is -0.505 e. The predicted octanol–water partition coefficient (Wildman–Crippen LogP) is 6.88. The van der Waals surface area contributed by atoms with Crippen LogP contribution in [0.15, 0.2) is 117 Å². The van der Waals surface area contributed by atoms with Crippen LogP contribution in [0.5, 0.6) is 5.75 Å². The van der Waals surface area contributed by atoms with Gasteiger partial charge in [0.1, 0.15) is 5.69 Å². The van der Waals surface area contributed by atoms with Gasteiger partial charge in [-0.1, -0.05) is 48.5 Å². The summed E-state index contributed by atoms with van der Waals surface area (Å²) in [4.78, 5) is 12.7. The zero-order valence-electron chi connectivity index (χ0n) is 23.4. The lowest BCUT2D eigenvalue weighted by molar-refractivity contribution is 0.102. The van der Waals surface area contributed by atoms with Crippen molar-refractivity contribution >= 4 is 59.6 Å². The molecule has 0 saturated carbocycles. The van der Waals surface area contributed by atoms with Gasteiger partial charge < -0.3 is 10.4 Å². The Labute approximate surface area is 253 Å². The molecular formula is C31H26N4O7S2. The second-order valence-corrected chi connectivity index (χ2v) is 12.9. The fraction of sp³-hybridized carbons (Fsp3) is 0.0645. The van der Waals surface area contributed by atoms with E-state index in [1.165, 1.54) is 24.3 Å². The molecule has 0 radical (unpaired) electrons. The number of rotatable bonds is 8. The largest absolute Gasteiger partial charge is 0.505 e. The van der Waals surface area contributed by atoms with E-state index in [2.05, 4.69) is 20.3 Å². The van der Waals surface area contributed by atoms with Gasteiger partial charge in [-0.25, -0.2) is 8.42 Å². The number of azo groups is 1. The third kappa shape index (κ3) is 6.44. The molecule has 0 spiro atoms. The Balaban J connectivity index is 1.48. The highest BCUT2D eigenvalue weighted by molar-refractivity contribution is 7.92. The van der Waals surface area contributed by atoms with Gasteiger partial charge in [0.05, 0.1) is 21.0 Å². The molecule has 0 atom stereocenters. The Morgan fingerprint density at radius 2 is 1.45 bits per heavy atom. The molecule has 0 saturated heterocycles. The normalized spacial score (nSPS) is 12.0. The van der Waals surface area contributed by atoms with Crippen molar-refractivity contribution in [2.45, 2.75) is 23.6 Å². The van der Waals surface area contributed by atoms with E-state index in [1.54, 1.807) is 55.5 Å². The summed E-state index contributed by atoms with van der Waals surface area (Å²) in [5, 5.41) is 23.6. The highest BCUT2D eigenvalue weighted by Crippen LogP contribution is 2.40. The number of aromatic hydroxyl groups is 1. The Kier molecular flexibility index (Phi) is 8.19. The van der Waals surface area contributed by atoms with E-state index in [9.17, 15) is 26.7 Å². The van der Waals surface area contributed by atoms with Crippen molar-refractivity contribution in [3.63, 3.8) is 0 Å². The number of nitrogens with one attached hydrogen (secondary N) is 2. The first-order valence-corrected chi connectivity index (χ1v) is 16.0. The molecule has 44 heavy (non-hydrogen) atoms. The van der Waals surface area contributed by atoms with Crippen LogP contribution in [0.1, 0.15) is 21.5 Å². The fourth-order valence-corrected chi connectivity index (χ4v) is 6.25. The van der Waals surface area contributed by atoms with Gasteiger partial charge >= 0.3 is 0 Å². The number of phenolic OH excluding ortho intramolecular Hbond substituents is 1. The van der Waals surface area contributed by atoms with Gasteiger partial charge in [0.25, 0.3) is 26.0 Å². The van der Waals surface area contributed by atoms with Gasteiger partial charge in [-0.05, 0) is 78.9 Å². The van der Waals surface area contributed by atoms with Gasteiger partial charge in [0.15, 0.2) is 5.75 Å². The number of para-hydroxylation sites is 1. The van der Waals surface area contributed by atoms with Crippen molar-refractivity contribution in [1.29, 1.82) is 0 Å². The van der Waals surface area contributed by atoms with Crippen molar-refractivity contribution in [1.82, 2.24) is 0 Å². The standard InChI is InChI=1S/C31H26N4O7S2/c1-19-7-3-6-10-27(19)32-31(37)26-17-21-8-4-5-9-25(21)29(30(26)36)34-33-23-12-11-20(2)28(18-23)43(38,39)35-22-13-15-24(16-14-22)44(40,41)42/h3-18,35-36H,1-2H3,(H,32,37)(H,40,41,42). The summed E-state index contributed by atoms with van der Waals surface area (Å²) in [5.41, 5.74) is 2.06. The molecule has 5 aromatic carbocycles. The Bertz CT molecular complexity index is 2160. The summed E-state index contributed by atoms with van der Waals surface area (Å²) in [6.07, 6.45) is 0. The summed E-state index contributed by atoms with van der Waals surface area (Å²) in [6.45, 7) is 3.44. The van der Waals surface area contributed by atoms with Crippen LogP contribution >= 0.6 is 0 Å². The number of fused-ring (bicyclic) bond motifs is 1. The molecule has 0 unspecified atom stereocenters. The van der Waals surface area contributed by atoms with Crippen LogP contribution in [-0.4, -0.2) is 32.4 Å². The van der Waals surface area contributed by atoms with Crippen molar-refractivity contribution in [2.24, 2.45) is 10.2 Å². The number of aryl methyl sites for hydroxylation is 2. The second kappa shape index (κ2) is 11.9. The molecule has 13 heteroatoms. The van der Waals surface area contributed by atoms with Crippen LogP contribution in [0.25, 0.3) is 10.8 Å². The second-order valence-electron chi connectivity index (χ2n) is 9.87. The topological polar surface area (TPSA) is 175 Å². The van der Waals surface area contributed by atoms with Crippen LogP contribution < -0.4 is 10.0 Å². The van der Waals surface area contributed by atoms with Crippen molar-refractivity contribution in [3.8, 4) is 5.75 Å². The van der Waals surface area contributed by atoms with E-state index in [0.717, 1.165) is 17.7 Å². The molecule has 0 aliphatic rings. The number of hydrogen-bond acceptors (Lipinski definition) is 8. The number of sulfonamides is 1. The summed E-state index contributed by atoms with van der Waals surface area (Å²) in [7, 11) is -8.60. The molecule has 0 aliphatic carbocycles. The Hall–Kier alpha value is -5.11. The highest BCUT2D eigenvalue weighted by Gasteiger charge is 2.21. The molecule has 0 aliphatic heterocycles. The minimum absolute atomic E-state index is 0.0164. The van der Waals surface area contributed by atoms with Crippen molar-refractivity contribution in [2.75, 3.05) is 10.0 Å². The molecule has 224 valence electrons. The first-order valence-electron chi connectivity index (χ1n) is 13.1. The molecule has 11 nitrogen and oxygen atoms in total. The quantitative estimate of drug-likeness (QED) is 0.107. The summed E-state index contributed by atoms with van der Waals surface area (Å²) < 4.78 is 60.5. The number of benzene rings is 5. The number of phenols is 1. The van der Waals surface area contributed by atoms with E-state index in [1.807, 2.05) is 19.1 Å². The zero-order valence-corrected chi connectivity index (χ0v) is 25.0. The first-order chi connectivity index (χ1) is 20.8. The Morgan fingerprint density at radius 3 is 2.16 bits per heavy atom. The average Bonchev–Trinajstić information content (AvgIpc) is 2.98. The molecule has 1 amide bonds. The lowest BCUT2D eigenvalue weighted by atomic mass is 10.0. The molecule has 5 aromatic rings. The van der Waals surface area contributed by atoms with E-state index in [4.69, 9.17) is 4.55 Å². The van der Waals surface area contributed by atoms with E-state index >= 15 is 0 Å². The molecule has 0 bridgehead atoms. The smallest absolute Gasteiger partial charge is 0.294 e. The SMILES string of the molecule is Cc1ccccc1NC(=O)c1cc2ccccc2c(N=Nc2ccc(C)c(S(=O)(=O)Nc3ccc(S(=O)(=O)O)cc3)c2)c1O. The molecule has 4 N–H and O–H groups in total. The molecule has 0 heterocycles. The van der Waals surface area contributed by atoms with Gasteiger partial charge in [0.2, 0.25) is 0 Å². The van der Waals surface area contributed by atoms with Gasteiger partial charge in [-0.15, -0.1) is 5.11 Å². The van der Waals surface area contributed by atoms with Crippen molar-refractivity contribution < 1.29 is 31.3 Å². The summed E-state index contributed by atoms with van der Waals surface area (Å²) in [6, 6.07) is 24.7. The van der Waals surface area contributed by atoms with Gasteiger partial charge in [-0.3, -0.25) is 14.1 Å². The summed E-state index contributed by atoms with van der Waals surface area (Å²) >= 11 is 0. The maximum absolute atomic E-state index is 13.2.